The number of piperidine rings is 1. The molecule has 1 atom stereocenters. The first-order valence-electron chi connectivity index (χ1n) is 9.98. The van der Waals surface area contributed by atoms with Crippen LogP contribution in [0.25, 0.3) is 17.2 Å². The molecule has 32 heavy (non-hydrogen) atoms. The number of rotatable bonds is 5. The van der Waals surface area contributed by atoms with E-state index in [9.17, 15) is 22.8 Å². The van der Waals surface area contributed by atoms with Crippen LogP contribution in [0.1, 0.15) is 24.1 Å². The Balaban J connectivity index is 1.76. The molecule has 3 heterocycles. The first-order valence-corrected chi connectivity index (χ1v) is 9.98. The van der Waals surface area contributed by atoms with Gasteiger partial charge in [0.05, 0.1) is 29.9 Å². The highest BCUT2D eigenvalue weighted by atomic mass is 19.4. The minimum Gasteiger partial charge on any atom is -0.350 e. The van der Waals surface area contributed by atoms with Crippen LogP contribution in [0.3, 0.4) is 0 Å². The molecule has 0 aliphatic carbocycles. The number of nitriles is 1. The Hall–Kier alpha value is -3.52. The summed E-state index contributed by atoms with van der Waals surface area (Å²) in [6.07, 6.45) is -0.0113. The van der Waals surface area contributed by atoms with Crippen molar-refractivity contribution >= 4 is 5.95 Å². The fraction of sp³-hybridized carbons (Fsp3) is 0.333. The molecule has 0 spiro atoms. The lowest BCUT2D eigenvalue weighted by Gasteiger charge is -2.23. The SMILES string of the molecule is N#CCc1cnc(-c2ccc(F)c(C(F)(F)F)c2)n1-c1ccnc(NC2CCCNC2)n1. The van der Waals surface area contributed by atoms with Crippen molar-refractivity contribution in [2.45, 2.75) is 31.5 Å². The lowest BCUT2D eigenvalue weighted by atomic mass is 10.1. The molecule has 2 N–H and O–H groups in total. The highest BCUT2D eigenvalue weighted by Gasteiger charge is 2.34. The van der Waals surface area contributed by atoms with Gasteiger partial charge in [-0.25, -0.2) is 14.4 Å². The van der Waals surface area contributed by atoms with Crippen molar-refractivity contribution in [1.29, 1.82) is 5.26 Å². The molecule has 0 bridgehead atoms. The number of nitrogens with zero attached hydrogens (tertiary/aromatic N) is 5. The van der Waals surface area contributed by atoms with Crippen molar-refractivity contribution in [3.8, 4) is 23.3 Å². The molecule has 1 saturated heterocycles. The van der Waals surface area contributed by atoms with Crippen LogP contribution in [0, 0.1) is 17.1 Å². The number of halogens is 4. The zero-order valence-corrected chi connectivity index (χ0v) is 16.8. The molecular weight excluding hydrogens is 426 g/mol. The van der Waals surface area contributed by atoms with E-state index in [0.29, 0.717) is 23.5 Å². The predicted molar refractivity (Wildman–Crippen MR) is 108 cm³/mol. The van der Waals surface area contributed by atoms with Crippen LogP contribution in [0.15, 0.2) is 36.7 Å². The van der Waals surface area contributed by atoms with Crippen molar-refractivity contribution in [2.24, 2.45) is 0 Å². The summed E-state index contributed by atoms with van der Waals surface area (Å²) in [7, 11) is 0. The van der Waals surface area contributed by atoms with Gasteiger partial charge in [0.15, 0.2) is 0 Å². The van der Waals surface area contributed by atoms with E-state index in [1.54, 1.807) is 6.07 Å². The quantitative estimate of drug-likeness (QED) is 0.582. The summed E-state index contributed by atoms with van der Waals surface area (Å²) in [5.74, 6) is -0.563. The van der Waals surface area contributed by atoms with E-state index in [1.165, 1.54) is 23.0 Å². The standard InChI is InChI=1S/C21H19F4N7/c22-17-4-3-13(10-16(17)21(23,24)25)19-29-12-15(5-7-26)32(19)18-6-9-28-20(31-18)30-14-2-1-8-27-11-14/h3-4,6,9-10,12,14,27H,1-2,5,8,11H2,(H,28,30,31). The summed E-state index contributed by atoms with van der Waals surface area (Å²) in [5, 5.41) is 15.7. The lowest BCUT2D eigenvalue weighted by molar-refractivity contribution is -0.139. The zero-order chi connectivity index (χ0) is 22.7. The maximum Gasteiger partial charge on any atom is 0.419 e. The number of benzene rings is 1. The van der Waals surface area contributed by atoms with Gasteiger partial charge >= 0.3 is 6.18 Å². The molecule has 0 radical (unpaired) electrons. The molecule has 11 heteroatoms. The second-order valence-electron chi connectivity index (χ2n) is 7.36. The number of aromatic nitrogens is 4. The van der Waals surface area contributed by atoms with E-state index in [1.807, 2.05) is 6.07 Å². The number of anilines is 1. The third-order valence-corrected chi connectivity index (χ3v) is 5.13. The molecule has 166 valence electrons. The van der Waals surface area contributed by atoms with E-state index >= 15 is 0 Å². The van der Waals surface area contributed by atoms with E-state index in [4.69, 9.17) is 0 Å². The molecular formula is C21H19F4N7. The van der Waals surface area contributed by atoms with Gasteiger partial charge in [-0.2, -0.15) is 23.4 Å². The lowest BCUT2D eigenvalue weighted by Crippen LogP contribution is -2.38. The van der Waals surface area contributed by atoms with E-state index in [0.717, 1.165) is 32.0 Å². The van der Waals surface area contributed by atoms with Crippen LogP contribution >= 0.6 is 0 Å². The largest absolute Gasteiger partial charge is 0.419 e. The first-order chi connectivity index (χ1) is 15.4. The third kappa shape index (κ3) is 4.55. The Morgan fingerprint density at radius 2 is 2.09 bits per heavy atom. The second kappa shape index (κ2) is 8.92. The maximum atomic E-state index is 13.8. The van der Waals surface area contributed by atoms with Gasteiger partial charge in [0, 0.05) is 24.3 Å². The predicted octanol–water partition coefficient (Wildman–Crippen LogP) is 3.72. The summed E-state index contributed by atoms with van der Waals surface area (Å²) < 4.78 is 54.9. The van der Waals surface area contributed by atoms with Gasteiger partial charge in [0.2, 0.25) is 5.95 Å². The van der Waals surface area contributed by atoms with Gasteiger partial charge in [-0.05, 0) is 43.7 Å². The minimum atomic E-state index is -4.85. The molecule has 7 nitrogen and oxygen atoms in total. The smallest absolute Gasteiger partial charge is 0.350 e. The molecule has 4 rings (SSSR count). The highest BCUT2D eigenvalue weighted by Crippen LogP contribution is 2.34. The van der Waals surface area contributed by atoms with Gasteiger partial charge in [0.1, 0.15) is 17.5 Å². The number of nitrogens with one attached hydrogen (secondary N) is 2. The van der Waals surface area contributed by atoms with Gasteiger partial charge in [-0.15, -0.1) is 0 Å². The summed E-state index contributed by atoms with van der Waals surface area (Å²) >= 11 is 0. The van der Waals surface area contributed by atoms with Gasteiger partial charge in [0.25, 0.3) is 0 Å². The minimum absolute atomic E-state index is 0.0420. The van der Waals surface area contributed by atoms with Crippen LogP contribution in [-0.4, -0.2) is 38.7 Å². The number of alkyl halides is 3. The third-order valence-electron chi connectivity index (χ3n) is 5.13. The van der Waals surface area contributed by atoms with Gasteiger partial charge < -0.3 is 10.6 Å². The number of hydrogen-bond acceptors (Lipinski definition) is 6. The Labute approximate surface area is 181 Å². The molecule has 1 aliphatic rings. The normalized spacial score (nSPS) is 16.5. The molecule has 1 aliphatic heterocycles. The van der Waals surface area contributed by atoms with Gasteiger partial charge in [-0.1, -0.05) is 0 Å². The molecule has 1 fully saturated rings. The summed E-state index contributed by atoms with van der Waals surface area (Å²) in [6.45, 7) is 1.71. The number of imidazole rings is 1. The highest BCUT2D eigenvalue weighted by molar-refractivity contribution is 5.61. The molecule has 1 unspecified atom stereocenters. The average molecular weight is 445 g/mol. The molecule has 2 aromatic heterocycles. The van der Waals surface area contributed by atoms with Crippen LogP contribution in [0.5, 0.6) is 0 Å². The summed E-state index contributed by atoms with van der Waals surface area (Å²) in [5.41, 5.74) is -0.905. The van der Waals surface area contributed by atoms with Gasteiger partial charge in [-0.3, -0.25) is 4.57 Å². The molecule has 0 amide bonds. The van der Waals surface area contributed by atoms with Crippen molar-refractivity contribution in [2.75, 3.05) is 18.4 Å². The van der Waals surface area contributed by atoms with Crippen LogP contribution in [0.4, 0.5) is 23.5 Å². The average Bonchev–Trinajstić information content (AvgIpc) is 3.18. The second-order valence-corrected chi connectivity index (χ2v) is 7.36. The van der Waals surface area contributed by atoms with Crippen molar-refractivity contribution in [3.63, 3.8) is 0 Å². The topological polar surface area (TPSA) is 91.5 Å². The molecule has 1 aromatic carbocycles. The van der Waals surface area contributed by atoms with Crippen LogP contribution < -0.4 is 10.6 Å². The van der Waals surface area contributed by atoms with Crippen molar-refractivity contribution in [1.82, 2.24) is 24.8 Å². The fourth-order valence-corrected chi connectivity index (χ4v) is 3.63. The Kier molecular flexibility index (Phi) is 6.05. The van der Waals surface area contributed by atoms with E-state index < -0.39 is 17.6 Å². The van der Waals surface area contributed by atoms with E-state index in [-0.39, 0.29) is 23.9 Å². The van der Waals surface area contributed by atoms with Crippen LogP contribution in [0.2, 0.25) is 0 Å². The Morgan fingerprint density at radius 1 is 1.25 bits per heavy atom. The summed E-state index contributed by atoms with van der Waals surface area (Å²) in [6, 6.07) is 6.41. The zero-order valence-electron chi connectivity index (χ0n) is 16.8. The van der Waals surface area contributed by atoms with E-state index in [2.05, 4.69) is 25.6 Å². The first kappa shape index (κ1) is 21.7. The maximum absolute atomic E-state index is 13.8. The molecule has 0 saturated carbocycles. The Morgan fingerprint density at radius 3 is 2.81 bits per heavy atom. The number of hydrogen-bond donors (Lipinski definition) is 2. The van der Waals surface area contributed by atoms with Crippen molar-refractivity contribution < 1.29 is 17.6 Å². The Bertz CT molecular complexity index is 1140. The summed E-state index contributed by atoms with van der Waals surface area (Å²) in [4.78, 5) is 12.9. The fourth-order valence-electron chi connectivity index (χ4n) is 3.63. The van der Waals surface area contributed by atoms with Crippen LogP contribution in [-0.2, 0) is 12.6 Å². The monoisotopic (exact) mass is 445 g/mol. The van der Waals surface area contributed by atoms with Crippen molar-refractivity contribution in [3.05, 3.63) is 53.7 Å². The molecule has 3 aromatic rings.